The molecule has 0 spiro atoms. The zero-order valence-electron chi connectivity index (χ0n) is 28.2. The topological polar surface area (TPSA) is 181 Å². The number of esters is 1. The summed E-state index contributed by atoms with van der Waals surface area (Å²) in [4.78, 5) is 53.5. The van der Waals surface area contributed by atoms with Crippen LogP contribution in [0, 0.1) is 11.8 Å². The van der Waals surface area contributed by atoms with Crippen molar-refractivity contribution in [1.82, 2.24) is 15.0 Å². The van der Waals surface area contributed by atoms with Crippen LogP contribution in [0.5, 0.6) is 0 Å². The average Bonchev–Trinajstić information content (AvgIpc) is 3.12. The van der Waals surface area contributed by atoms with Crippen molar-refractivity contribution in [3.05, 3.63) is 78.6 Å². The second-order valence-corrected chi connectivity index (χ2v) is 14.3. The van der Waals surface area contributed by atoms with Gasteiger partial charge in [0.2, 0.25) is 21.8 Å². The molecule has 280 valence electrons. The van der Waals surface area contributed by atoms with Gasteiger partial charge in [-0.1, -0.05) is 43.5 Å². The average molecular weight is 747 g/mol. The zero-order chi connectivity index (χ0) is 37.7. The number of carbonyl (C=O) groups excluding carboxylic acids is 3. The predicted molar refractivity (Wildman–Crippen MR) is 184 cm³/mol. The number of halogens is 3. The van der Waals surface area contributed by atoms with E-state index in [0.29, 0.717) is 25.7 Å². The Morgan fingerprint density at radius 1 is 0.885 bits per heavy atom. The number of anilines is 1. The third-order valence-corrected chi connectivity index (χ3v) is 10.2. The highest BCUT2D eigenvalue weighted by Crippen LogP contribution is 2.28. The van der Waals surface area contributed by atoms with Gasteiger partial charge in [0.1, 0.15) is 12.6 Å². The Morgan fingerprint density at radius 3 is 2.13 bits per heavy atom. The summed E-state index contributed by atoms with van der Waals surface area (Å²) in [6.07, 6.45) is 3.35. The van der Waals surface area contributed by atoms with Crippen LogP contribution in [0.25, 0.3) is 11.1 Å². The number of amides is 2. The SMILES string of the molecule is O=C(O)CC(CCCc1ccc(-c2ccncc2)cc1)C(=O)NC(C(=O)Nc1ccc(S(=O)(=O)NCCOC(=O)C(F)(F)F)cc1)C1CCCCC1. The Balaban J connectivity index is 1.36. The number of aliphatic carboxylic acids is 1. The van der Waals surface area contributed by atoms with E-state index in [1.165, 1.54) is 24.3 Å². The van der Waals surface area contributed by atoms with Gasteiger partial charge in [-0.3, -0.25) is 19.4 Å². The second kappa shape index (κ2) is 18.6. The maximum Gasteiger partial charge on any atom is 0.490 e. The van der Waals surface area contributed by atoms with Gasteiger partial charge >= 0.3 is 18.1 Å². The smallest absolute Gasteiger partial charge is 0.481 e. The van der Waals surface area contributed by atoms with E-state index < -0.39 is 71.5 Å². The minimum atomic E-state index is -5.20. The monoisotopic (exact) mass is 746 g/mol. The molecular formula is C36H41F3N4O8S. The van der Waals surface area contributed by atoms with E-state index in [1.54, 1.807) is 12.4 Å². The van der Waals surface area contributed by atoms with Crippen LogP contribution in [-0.2, 0) is 40.4 Å². The highest BCUT2D eigenvalue weighted by molar-refractivity contribution is 7.89. The number of carbonyl (C=O) groups is 4. The Kier molecular flexibility index (Phi) is 14.3. The van der Waals surface area contributed by atoms with Gasteiger partial charge in [0.25, 0.3) is 0 Å². The molecule has 4 rings (SSSR count). The predicted octanol–water partition coefficient (Wildman–Crippen LogP) is 5.25. The quantitative estimate of drug-likeness (QED) is 0.106. The van der Waals surface area contributed by atoms with Crippen molar-refractivity contribution in [2.24, 2.45) is 11.8 Å². The van der Waals surface area contributed by atoms with E-state index >= 15 is 0 Å². The number of hydrogen-bond donors (Lipinski definition) is 4. The molecular weight excluding hydrogens is 705 g/mol. The van der Waals surface area contributed by atoms with Gasteiger partial charge in [0, 0.05) is 30.5 Å². The van der Waals surface area contributed by atoms with E-state index in [4.69, 9.17) is 0 Å². The third kappa shape index (κ3) is 12.1. The third-order valence-electron chi connectivity index (χ3n) is 8.77. The lowest BCUT2D eigenvalue weighted by Gasteiger charge is -2.31. The normalized spacial score (nSPS) is 14.9. The molecule has 2 amide bonds. The molecule has 2 atom stereocenters. The maximum atomic E-state index is 13.6. The molecule has 52 heavy (non-hydrogen) atoms. The van der Waals surface area contributed by atoms with Crippen LogP contribution in [-0.4, -0.2) is 67.6 Å². The van der Waals surface area contributed by atoms with Crippen LogP contribution in [0.15, 0.2) is 78.0 Å². The highest BCUT2D eigenvalue weighted by atomic mass is 32.2. The Bertz CT molecular complexity index is 1770. The van der Waals surface area contributed by atoms with Crippen molar-refractivity contribution in [2.45, 2.75) is 74.9 Å². The zero-order valence-corrected chi connectivity index (χ0v) is 29.0. The molecule has 1 saturated carbocycles. The maximum absolute atomic E-state index is 13.6. The number of ether oxygens (including phenoxy) is 1. The number of benzene rings is 2. The number of rotatable bonds is 17. The van der Waals surface area contributed by atoms with Gasteiger partial charge in [0.15, 0.2) is 0 Å². The van der Waals surface area contributed by atoms with E-state index in [1.807, 2.05) is 41.1 Å². The molecule has 3 aromatic rings. The van der Waals surface area contributed by atoms with Crippen molar-refractivity contribution in [3.8, 4) is 11.1 Å². The first-order chi connectivity index (χ1) is 24.7. The minimum Gasteiger partial charge on any atom is -0.481 e. The van der Waals surface area contributed by atoms with Crippen molar-refractivity contribution in [2.75, 3.05) is 18.5 Å². The Labute approximate surface area is 299 Å². The van der Waals surface area contributed by atoms with Crippen LogP contribution in [0.2, 0.25) is 0 Å². The van der Waals surface area contributed by atoms with Gasteiger partial charge in [-0.25, -0.2) is 17.9 Å². The molecule has 2 aromatic carbocycles. The molecule has 4 N–H and O–H groups in total. The number of sulfonamides is 1. The number of alkyl halides is 3. The lowest BCUT2D eigenvalue weighted by molar-refractivity contribution is -0.199. The van der Waals surface area contributed by atoms with Crippen molar-refractivity contribution < 1.29 is 50.6 Å². The molecule has 1 fully saturated rings. The van der Waals surface area contributed by atoms with Gasteiger partial charge in [-0.15, -0.1) is 0 Å². The molecule has 16 heteroatoms. The largest absolute Gasteiger partial charge is 0.490 e. The lowest BCUT2D eigenvalue weighted by Crippen LogP contribution is -2.51. The summed E-state index contributed by atoms with van der Waals surface area (Å²) in [5.74, 6) is -5.71. The minimum absolute atomic E-state index is 0.197. The summed E-state index contributed by atoms with van der Waals surface area (Å²) >= 11 is 0. The first-order valence-electron chi connectivity index (χ1n) is 16.9. The summed E-state index contributed by atoms with van der Waals surface area (Å²) in [7, 11) is -4.19. The van der Waals surface area contributed by atoms with Gasteiger partial charge < -0.3 is 20.5 Å². The van der Waals surface area contributed by atoms with E-state index in [0.717, 1.165) is 36.0 Å². The summed E-state index contributed by atoms with van der Waals surface area (Å²) in [5.41, 5.74) is 3.32. The molecule has 1 aliphatic carbocycles. The van der Waals surface area contributed by atoms with Crippen LogP contribution in [0.3, 0.4) is 0 Å². The molecule has 0 bridgehead atoms. The standard InChI is InChI=1S/C36H41F3N4O8S/c37-36(38,39)35(48)51-22-21-41-52(49,50)30-15-13-29(14-16-30)42-34(47)32(27-6-2-1-3-7-27)43-33(46)28(23-31(44)45)8-4-5-24-9-11-25(12-10-24)26-17-19-40-20-18-26/h9-20,27-28,32,41H,1-8,21-23H2,(H,42,47)(H,43,46)(H,44,45). The molecule has 0 saturated heterocycles. The number of carboxylic acids is 1. The van der Waals surface area contributed by atoms with Crippen LogP contribution in [0.1, 0.15) is 56.9 Å². The van der Waals surface area contributed by atoms with Crippen LogP contribution >= 0.6 is 0 Å². The fourth-order valence-electron chi connectivity index (χ4n) is 6.06. The highest BCUT2D eigenvalue weighted by Gasteiger charge is 2.41. The Hall–Kier alpha value is -4.83. The van der Waals surface area contributed by atoms with Gasteiger partial charge in [-0.2, -0.15) is 13.2 Å². The number of carboxylic acid groups (broad SMARTS) is 1. The van der Waals surface area contributed by atoms with E-state index in [2.05, 4.69) is 20.4 Å². The first kappa shape index (κ1) is 39.9. The molecule has 0 radical (unpaired) electrons. The first-order valence-corrected chi connectivity index (χ1v) is 18.4. The fourth-order valence-corrected chi connectivity index (χ4v) is 7.07. The van der Waals surface area contributed by atoms with E-state index in [9.17, 15) is 45.9 Å². The number of pyridine rings is 1. The molecule has 1 heterocycles. The number of aromatic nitrogens is 1. The molecule has 1 aliphatic rings. The molecule has 0 aliphatic heterocycles. The summed E-state index contributed by atoms with van der Waals surface area (Å²) in [6.45, 7) is -1.44. The lowest BCUT2D eigenvalue weighted by atomic mass is 9.83. The van der Waals surface area contributed by atoms with E-state index in [-0.39, 0.29) is 22.9 Å². The molecule has 12 nitrogen and oxygen atoms in total. The van der Waals surface area contributed by atoms with Crippen LogP contribution < -0.4 is 15.4 Å². The number of nitrogens with one attached hydrogen (secondary N) is 3. The number of hydrogen-bond acceptors (Lipinski definition) is 8. The van der Waals surface area contributed by atoms with Crippen molar-refractivity contribution in [1.29, 1.82) is 0 Å². The molecule has 1 aromatic heterocycles. The van der Waals surface area contributed by atoms with Gasteiger partial charge in [-0.05, 0) is 91.1 Å². The summed E-state index contributed by atoms with van der Waals surface area (Å²) in [5, 5.41) is 15.1. The van der Waals surface area contributed by atoms with Crippen molar-refractivity contribution in [3.63, 3.8) is 0 Å². The van der Waals surface area contributed by atoms with Crippen LogP contribution in [0.4, 0.5) is 18.9 Å². The Morgan fingerprint density at radius 2 is 1.52 bits per heavy atom. The summed E-state index contributed by atoms with van der Waals surface area (Å²) in [6, 6.07) is 15.8. The van der Waals surface area contributed by atoms with Crippen molar-refractivity contribution >= 4 is 39.5 Å². The fraction of sp³-hybridized carbons (Fsp3) is 0.417. The number of aryl methyl sites for hydroxylation is 1. The van der Waals surface area contributed by atoms with Gasteiger partial charge in [0.05, 0.1) is 11.3 Å². The number of nitrogens with zero attached hydrogens (tertiary/aromatic N) is 1. The summed E-state index contributed by atoms with van der Waals surface area (Å²) < 4.78 is 67.9. The second-order valence-electron chi connectivity index (χ2n) is 12.5. The molecule has 2 unspecified atom stereocenters.